The Balaban J connectivity index is 0.988. The molecule has 0 unspecified atom stereocenters. The monoisotopic (exact) mass is 673 g/mol. The molecule has 0 amide bonds. The van der Waals surface area contributed by atoms with Crippen LogP contribution in [0.3, 0.4) is 0 Å². The Kier molecular flexibility index (Phi) is 5.09. The second kappa shape index (κ2) is 8.69. The first kappa shape index (κ1) is 29.3. The molecule has 0 nitrogen and oxygen atoms in total. The summed E-state index contributed by atoms with van der Waals surface area (Å²) in [4.78, 5) is 0. The van der Waals surface area contributed by atoms with E-state index >= 15 is 0 Å². The van der Waals surface area contributed by atoms with Gasteiger partial charge < -0.3 is 0 Å². The molecule has 0 heteroatoms. The van der Waals surface area contributed by atoms with Crippen LogP contribution in [0.25, 0.3) is 0 Å². The van der Waals surface area contributed by atoms with Crippen molar-refractivity contribution < 1.29 is 0 Å². The molecule has 20 rings (SSSR count). The van der Waals surface area contributed by atoms with Gasteiger partial charge in [0.2, 0.25) is 0 Å². The van der Waals surface area contributed by atoms with Gasteiger partial charge in [0.15, 0.2) is 0 Å². The minimum Gasteiger partial charge on any atom is -0.0475 e. The number of rotatable bonds is 4. The molecule has 20 fully saturated rings. The van der Waals surface area contributed by atoms with Crippen LogP contribution in [0.5, 0.6) is 0 Å². The maximum atomic E-state index is 1.79. The van der Waals surface area contributed by atoms with E-state index in [-0.39, 0.29) is 0 Å². The molecule has 0 saturated heterocycles. The molecule has 0 aromatic rings. The van der Waals surface area contributed by atoms with E-state index < -0.39 is 0 Å². The predicted molar refractivity (Wildman–Crippen MR) is 200 cm³/mol. The molecule has 20 aliphatic rings. The standard InChI is InChI=1S/C50H72/c1-31-2-33-3-32(1)14-43(13-31,15-33)47-25-48(44-16-34-4-35(17-44)6-36(5-34)18-44)28-49(26-47,45-19-37-7-38(20-45)9-39(8-37)21-45)30-50(27-47,29-48)46-22-40-10-41(23-46)12-42(11-40)24-46/h31-42H,1-30H2. The van der Waals surface area contributed by atoms with Gasteiger partial charge in [-0.25, -0.2) is 0 Å². The van der Waals surface area contributed by atoms with Crippen LogP contribution < -0.4 is 0 Å². The summed E-state index contributed by atoms with van der Waals surface area (Å²) in [5.41, 5.74) is 5.97. The first-order valence-electron chi connectivity index (χ1n) is 24.2. The summed E-state index contributed by atoms with van der Waals surface area (Å²) in [5, 5.41) is 0. The van der Waals surface area contributed by atoms with E-state index in [1.165, 1.54) is 0 Å². The fourth-order valence-electron chi connectivity index (χ4n) is 25.9. The fraction of sp³-hybridized carbons (Fsp3) is 1.00. The van der Waals surface area contributed by atoms with E-state index in [2.05, 4.69) is 0 Å². The molecule has 272 valence electrons. The van der Waals surface area contributed by atoms with Crippen LogP contribution in [0.1, 0.15) is 193 Å². The molecule has 20 bridgehead atoms. The van der Waals surface area contributed by atoms with E-state index in [9.17, 15) is 0 Å². The Hall–Kier alpha value is 0. The van der Waals surface area contributed by atoms with Crippen LogP contribution in [-0.2, 0) is 0 Å². The summed E-state index contributed by atoms with van der Waals surface area (Å²) in [6.45, 7) is 0. The molecule has 0 aliphatic heterocycles. The van der Waals surface area contributed by atoms with Crippen LogP contribution in [-0.4, -0.2) is 0 Å². The Morgan fingerprint density at radius 2 is 0.280 bits per heavy atom. The molecular formula is C50H72. The minimum absolute atomic E-state index is 0.730. The normalized spacial score (nSPS) is 71.0. The van der Waals surface area contributed by atoms with Gasteiger partial charge >= 0.3 is 0 Å². The maximum Gasteiger partial charge on any atom is -0.0224 e. The van der Waals surface area contributed by atoms with E-state index in [0.717, 1.165) is 114 Å². The number of hydrogen-bond acceptors (Lipinski definition) is 0. The Labute approximate surface area is 306 Å². The quantitative estimate of drug-likeness (QED) is 0.279. The van der Waals surface area contributed by atoms with Crippen molar-refractivity contribution in [1.29, 1.82) is 0 Å². The van der Waals surface area contributed by atoms with Crippen LogP contribution in [0.4, 0.5) is 0 Å². The van der Waals surface area contributed by atoms with Crippen molar-refractivity contribution in [1.82, 2.24) is 0 Å². The Bertz CT molecular complexity index is 1130. The van der Waals surface area contributed by atoms with Gasteiger partial charge in [0.25, 0.3) is 0 Å². The van der Waals surface area contributed by atoms with Crippen LogP contribution in [0, 0.1) is 114 Å². The van der Waals surface area contributed by atoms with Crippen molar-refractivity contribution in [3.05, 3.63) is 0 Å². The van der Waals surface area contributed by atoms with E-state index in [1.807, 2.05) is 0 Å². The van der Waals surface area contributed by atoms with Gasteiger partial charge in [-0.05, 0) is 307 Å². The van der Waals surface area contributed by atoms with Crippen molar-refractivity contribution in [3.8, 4) is 0 Å². The summed E-state index contributed by atoms with van der Waals surface area (Å²) in [6.07, 6.45) is 51.4. The molecule has 0 spiro atoms. The van der Waals surface area contributed by atoms with Crippen molar-refractivity contribution >= 4 is 0 Å². The highest BCUT2D eigenvalue weighted by atomic mass is 14.9. The van der Waals surface area contributed by atoms with Crippen LogP contribution in [0.15, 0.2) is 0 Å². The average molecular weight is 673 g/mol. The van der Waals surface area contributed by atoms with Crippen LogP contribution >= 0.6 is 0 Å². The Morgan fingerprint density at radius 1 is 0.160 bits per heavy atom. The van der Waals surface area contributed by atoms with E-state index in [1.54, 1.807) is 193 Å². The highest BCUT2D eigenvalue weighted by Gasteiger charge is 2.83. The van der Waals surface area contributed by atoms with Gasteiger partial charge in [0.1, 0.15) is 0 Å². The average Bonchev–Trinajstić information content (AvgIpc) is 3.02. The molecule has 0 N–H and O–H groups in total. The van der Waals surface area contributed by atoms with Crippen molar-refractivity contribution in [2.24, 2.45) is 114 Å². The molecule has 20 aliphatic carbocycles. The highest BCUT2D eigenvalue weighted by Crippen LogP contribution is 2.92. The highest BCUT2D eigenvalue weighted by molar-refractivity contribution is 5.32. The Morgan fingerprint density at radius 3 is 0.400 bits per heavy atom. The lowest BCUT2D eigenvalue weighted by molar-refractivity contribution is -0.365. The summed E-state index contributed by atoms with van der Waals surface area (Å²) in [5.74, 6) is 13.6. The smallest absolute Gasteiger partial charge is 0.0224 e. The van der Waals surface area contributed by atoms with Gasteiger partial charge in [-0.2, -0.15) is 0 Å². The van der Waals surface area contributed by atoms with Crippen molar-refractivity contribution in [3.63, 3.8) is 0 Å². The van der Waals surface area contributed by atoms with Crippen LogP contribution in [0.2, 0.25) is 0 Å². The molecule has 0 aromatic heterocycles. The fourth-order valence-corrected chi connectivity index (χ4v) is 25.9. The number of hydrogen-bond donors (Lipinski definition) is 0. The summed E-state index contributed by atoms with van der Waals surface area (Å²) in [6, 6.07) is 0. The lowest BCUT2D eigenvalue weighted by atomic mass is 9.18. The first-order chi connectivity index (χ1) is 24.2. The second-order valence-electron chi connectivity index (χ2n) is 27.0. The summed E-state index contributed by atoms with van der Waals surface area (Å²) >= 11 is 0. The molecule has 0 radical (unpaired) electrons. The third-order valence-electron chi connectivity index (χ3n) is 24.7. The molecule has 0 aromatic carbocycles. The minimum atomic E-state index is 0.730. The maximum absolute atomic E-state index is 1.79. The van der Waals surface area contributed by atoms with Gasteiger partial charge in [-0.15, -0.1) is 0 Å². The predicted octanol–water partition coefficient (Wildman–Crippen LogP) is 13.2. The molecule has 0 heterocycles. The SMILES string of the molecule is C1C2CC3CC1CC(C14CC5(C67CC8CC(CC(C8)C6)C7)CC(C67CC8CC(CC(C8)C6)C7)(C1)CC(C16CC7CC(CC(C7)C1)C6)(C4)C5)(C2)C3. The molecular weight excluding hydrogens is 601 g/mol. The second-order valence-corrected chi connectivity index (χ2v) is 27.0. The van der Waals surface area contributed by atoms with Crippen molar-refractivity contribution in [2.45, 2.75) is 193 Å². The zero-order chi connectivity index (χ0) is 32.1. The van der Waals surface area contributed by atoms with E-state index in [4.69, 9.17) is 0 Å². The summed E-state index contributed by atoms with van der Waals surface area (Å²) < 4.78 is 0. The zero-order valence-corrected chi connectivity index (χ0v) is 32.1. The van der Waals surface area contributed by atoms with E-state index in [0.29, 0.717) is 0 Å². The van der Waals surface area contributed by atoms with Crippen molar-refractivity contribution in [2.75, 3.05) is 0 Å². The lowest BCUT2D eigenvalue weighted by Gasteiger charge is -2.86. The van der Waals surface area contributed by atoms with Gasteiger partial charge in [-0.3, -0.25) is 0 Å². The third-order valence-corrected chi connectivity index (χ3v) is 24.7. The van der Waals surface area contributed by atoms with Gasteiger partial charge in [-0.1, -0.05) is 0 Å². The van der Waals surface area contributed by atoms with Gasteiger partial charge in [0.05, 0.1) is 0 Å². The lowest BCUT2D eigenvalue weighted by Crippen LogP contribution is -2.77. The largest absolute Gasteiger partial charge is 0.0475 e. The molecule has 20 saturated carbocycles. The molecule has 50 heavy (non-hydrogen) atoms. The zero-order valence-electron chi connectivity index (χ0n) is 32.1. The van der Waals surface area contributed by atoms with Gasteiger partial charge in [0, 0.05) is 0 Å². The summed E-state index contributed by atoms with van der Waals surface area (Å²) in [7, 11) is 0. The molecule has 0 atom stereocenters. The third kappa shape index (κ3) is 3.27. The topological polar surface area (TPSA) is 0 Å². The first-order valence-corrected chi connectivity index (χ1v) is 24.2.